The van der Waals surface area contributed by atoms with Crippen molar-refractivity contribution in [3.63, 3.8) is 0 Å². The number of rotatable bonds is 13. The molecule has 0 unspecified atom stereocenters. The van der Waals surface area contributed by atoms with Crippen LogP contribution in [-0.4, -0.2) is 15.0 Å². The summed E-state index contributed by atoms with van der Waals surface area (Å²) < 4.78 is 0. The molecule has 3 heteroatoms. The molecule has 30 heavy (non-hydrogen) atoms. The van der Waals surface area contributed by atoms with Gasteiger partial charge in [-0.25, -0.2) is 9.97 Å². The molecule has 0 aliphatic rings. The molecule has 0 saturated carbocycles. The van der Waals surface area contributed by atoms with E-state index in [-0.39, 0.29) is 0 Å². The predicted octanol–water partition coefficient (Wildman–Crippen LogP) is 7.67. The maximum absolute atomic E-state index is 4.57. The van der Waals surface area contributed by atoms with Gasteiger partial charge in [-0.3, -0.25) is 4.98 Å². The van der Waals surface area contributed by atoms with Crippen LogP contribution in [0.4, 0.5) is 0 Å². The van der Waals surface area contributed by atoms with E-state index in [9.17, 15) is 0 Å². The van der Waals surface area contributed by atoms with Crippen molar-refractivity contribution in [2.45, 2.75) is 77.6 Å². The van der Waals surface area contributed by atoms with E-state index < -0.39 is 0 Å². The number of nitrogens with zero attached hydrogens (tertiary/aromatic N) is 3. The molecule has 0 fully saturated rings. The van der Waals surface area contributed by atoms with Crippen LogP contribution in [0.5, 0.6) is 0 Å². The summed E-state index contributed by atoms with van der Waals surface area (Å²) in [6.45, 7) is 2.28. The summed E-state index contributed by atoms with van der Waals surface area (Å²) in [4.78, 5) is 13.7. The Labute approximate surface area is 182 Å². The monoisotopic (exact) mass is 401 g/mol. The molecule has 0 saturated heterocycles. The number of hydrogen-bond acceptors (Lipinski definition) is 3. The fraction of sp³-hybridized carbons (Fsp3) is 0.444. The van der Waals surface area contributed by atoms with Crippen molar-refractivity contribution in [3.8, 4) is 22.6 Å². The van der Waals surface area contributed by atoms with Crippen LogP contribution in [0, 0.1) is 0 Å². The first-order valence-corrected chi connectivity index (χ1v) is 11.7. The Bertz CT molecular complexity index is 826. The van der Waals surface area contributed by atoms with Gasteiger partial charge in [-0.1, -0.05) is 95.0 Å². The normalized spacial score (nSPS) is 11.0. The van der Waals surface area contributed by atoms with E-state index in [4.69, 9.17) is 0 Å². The van der Waals surface area contributed by atoms with Gasteiger partial charge in [0.15, 0.2) is 5.82 Å². The van der Waals surface area contributed by atoms with Crippen LogP contribution in [0.2, 0.25) is 0 Å². The Balaban J connectivity index is 1.37. The highest BCUT2D eigenvalue weighted by Crippen LogP contribution is 2.20. The summed E-state index contributed by atoms with van der Waals surface area (Å²) in [6, 6.07) is 14.3. The molecule has 1 aromatic carbocycles. The molecule has 0 N–H and O–H groups in total. The first-order valence-electron chi connectivity index (χ1n) is 11.7. The van der Waals surface area contributed by atoms with E-state index in [1.165, 1.54) is 69.8 Å². The number of pyridine rings is 1. The molecule has 0 radical (unpaired) electrons. The zero-order valence-electron chi connectivity index (χ0n) is 18.4. The van der Waals surface area contributed by atoms with Crippen LogP contribution in [0.15, 0.2) is 61.1 Å². The molecular weight excluding hydrogens is 366 g/mol. The molecule has 3 nitrogen and oxygen atoms in total. The summed E-state index contributed by atoms with van der Waals surface area (Å²) in [5.74, 6) is 0.744. The SMILES string of the molecule is CCCCCCCCCCCCc1cnc(-c2ccc(-c3ccccc3)nc2)nc1. The fourth-order valence-corrected chi connectivity index (χ4v) is 3.76. The quantitative estimate of drug-likeness (QED) is 0.276. The van der Waals surface area contributed by atoms with Crippen molar-refractivity contribution in [3.05, 3.63) is 66.6 Å². The Morgan fingerprint density at radius 2 is 1.20 bits per heavy atom. The minimum atomic E-state index is 0.744. The molecule has 0 amide bonds. The van der Waals surface area contributed by atoms with Crippen LogP contribution >= 0.6 is 0 Å². The lowest BCUT2D eigenvalue weighted by molar-refractivity contribution is 0.556. The van der Waals surface area contributed by atoms with Gasteiger partial charge in [0, 0.05) is 29.7 Å². The van der Waals surface area contributed by atoms with E-state index in [1.807, 2.05) is 48.9 Å². The second-order valence-corrected chi connectivity index (χ2v) is 8.15. The maximum Gasteiger partial charge on any atom is 0.160 e. The standard InChI is InChI=1S/C27H35N3/c1-2-3-4-5-6-7-8-9-10-12-15-23-20-29-27(30-21-23)25-18-19-26(28-22-25)24-16-13-11-14-17-24/h11,13-14,16-22H,2-10,12,15H2,1H3. The van der Waals surface area contributed by atoms with Gasteiger partial charge in [0.05, 0.1) is 5.69 Å². The summed E-state index contributed by atoms with van der Waals surface area (Å²) >= 11 is 0. The van der Waals surface area contributed by atoms with E-state index in [0.29, 0.717) is 0 Å². The molecule has 2 aromatic heterocycles. The van der Waals surface area contributed by atoms with Gasteiger partial charge >= 0.3 is 0 Å². The number of hydrogen-bond donors (Lipinski definition) is 0. The lowest BCUT2D eigenvalue weighted by Gasteiger charge is -2.05. The number of benzene rings is 1. The molecule has 0 bridgehead atoms. The Morgan fingerprint density at radius 3 is 1.80 bits per heavy atom. The van der Waals surface area contributed by atoms with E-state index in [0.717, 1.165) is 29.1 Å². The zero-order chi connectivity index (χ0) is 20.9. The average molecular weight is 402 g/mol. The first-order chi connectivity index (χ1) is 14.9. The molecular formula is C27H35N3. The summed E-state index contributed by atoms with van der Waals surface area (Å²) in [5, 5.41) is 0. The van der Waals surface area contributed by atoms with Crippen LogP contribution in [0.25, 0.3) is 22.6 Å². The highest BCUT2D eigenvalue weighted by atomic mass is 14.9. The summed E-state index contributed by atoms with van der Waals surface area (Å²) in [5.41, 5.74) is 4.28. The van der Waals surface area contributed by atoms with Gasteiger partial charge < -0.3 is 0 Å². The van der Waals surface area contributed by atoms with Gasteiger partial charge in [0.25, 0.3) is 0 Å². The number of aromatic nitrogens is 3. The molecule has 158 valence electrons. The second-order valence-electron chi connectivity index (χ2n) is 8.15. The minimum absolute atomic E-state index is 0.744. The number of aryl methyl sites for hydroxylation is 1. The van der Waals surface area contributed by atoms with Crippen molar-refractivity contribution in [2.75, 3.05) is 0 Å². The van der Waals surface area contributed by atoms with Gasteiger partial charge in [-0.05, 0) is 30.5 Å². The maximum atomic E-state index is 4.57. The third-order valence-electron chi connectivity index (χ3n) is 5.62. The summed E-state index contributed by atoms with van der Waals surface area (Å²) in [6.07, 6.45) is 20.5. The molecule has 0 atom stereocenters. The molecule has 2 heterocycles. The van der Waals surface area contributed by atoms with Crippen molar-refractivity contribution in [1.29, 1.82) is 0 Å². The van der Waals surface area contributed by atoms with Crippen molar-refractivity contribution >= 4 is 0 Å². The molecule has 0 spiro atoms. The third kappa shape index (κ3) is 7.37. The molecule has 3 aromatic rings. The van der Waals surface area contributed by atoms with Crippen molar-refractivity contribution in [1.82, 2.24) is 15.0 Å². The second kappa shape index (κ2) is 12.9. The Hall–Kier alpha value is -2.55. The molecule has 3 rings (SSSR count). The van der Waals surface area contributed by atoms with E-state index in [2.05, 4.69) is 34.0 Å². The highest BCUT2D eigenvalue weighted by molar-refractivity contribution is 5.62. The first kappa shape index (κ1) is 22.1. The van der Waals surface area contributed by atoms with Crippen LogP contribution in [0.1, 0.15) is 76.7 Å². The lowest BCUT2D eigenvalue weighted by Crippen LogP contribution is -1.94. The molecule has 0 aliphatic carbocycles. The number of unbranched alkanes of at least 4 members (excludes halogenated alkanes) is 9. The van der Waals surface area contributed by atoms with Crippen LogP contribution in [-0.2, 0) is 6.42 Å². The lowest BCUT2D eigenvalue weighted by atomic mass is 10.0. The van der Waals surface area contributed by atoms with E-state index in [1.54, 1.807) is 0 Å². The average Bonchev–Trinajstić information content (AvgIpc) is 2.81. The molecule has 0 aliphatic heterocycles. The zero-order valence-corrected chi connectivity index (χ0v) is 18.4. The van der Waals surface area contributed by atoms with Gasteiger partial charge in [-0.15, -0.1) is 0 Å². The van der Waals surface area contributed by atoms with Gasteiger partial charge in [0.1, 0.15) is 0 Å². The van der Waals surface area contributed by atoms with Crippen molar-refractivity contribution in [2.24, 2.45) is 0 Å². The topological polar surface area (TPSA) is 38.7 Å². The fourth-order valence-electron chi connectivity index (χ4n) is 3.76. The van der Waals surface area contributed by atoms with Gasteiger partial charge in [0.2, 0.25) is 0 Å². The minimum Gasteiger partial charge on any atom is -0.255 e. The highest BCUT2D eigenvalue weighted by Gasteiger charge is 2.04. The van der Waals surface area contributed by atoms with E-state index >= 15 is 0 Å². The van der Waals surface area contributed by atoms with Crippen LogP contribution < -0.4 is 0 Å². The predicted molar refractivity (Wildman–Crippen MR) is 126 cm³/mol. The largest absolute Gasteiger partial charge is 0.255 e. The Morgan fingerprint density at radius 1 is 0.567 bits per heavy atom. The van der Waals surface area contributed by atoms with Crippen LogP contribution in [0.3, 0.4) is 0 Å². The van der Waals surface area contributed by atoms with Crippen molar-refractivity contribution < 1.29 is 0 Å². The smallest absolute Gasteiger partial charge is 0.160 e. The third-order valence-corrected chi connectivity index (χ3v) is 5.62. The van der Waals surface area contributed by atoms with Gasteiger partial charge in [-0.2, -0.15) is 0 Å². The Kier molecular flexibility index (Phi) is 9.52. The summed E-state index contributed by atoms with van der Waals surface area (Å²) in [7, 11) is 0.